The van der Waals surface area contributed by atoms with E-state index in [1.807, 2.05) is 24.3 Å². The third-order valence-corrected chi connectivity index (χ3v) is 3.36. The SMILES string of the molecule is COc1ccc(-c2cc(=S)nc(C(C)(C)C)[nH]2)c(OC)c1. The van der Waals surface area contributed by atoms with Gasteiger partial charge in [0.05, 0.1) is 19.9 Å². The third-order valence-electron chi connectivity index (χ3n) is 3.15. The molecule has 0 unspecified atom stereocenters. The summed E-state index contributed by atoms with van der Waals surface area (Å²) in [6.45, 7) is 6.28. The number of hydrogen-bond donors (Lipinski definition) is 1. The Morgan fingerprint density at radius 3 is 2.38 bits per heavy atom. The molecule has 0 radical (unpaired) electrons. The molecule has 2 aromatic rings. The number of ether oxygens (including phenoxy) is 2. The van der Waals surface area contributed by atoms with Gasteiger partial charge in [-0.2, -0.15) is 0 Å². The number of nitrogens with one attached hydrogen (secondary N) is 1. The van der Waals surface area contributed by atoms with Gasteiger partial charge in [0.2, 0.25) is 0 Å². The first-order chi connectivity index (χ1) is 9.85. The highest BCUT2D eigenvalue weighted by Gasteiger charge is 2.18. The van der Waals surface area contributed by atoms with E-state index >= 15 is 0 Å². The first kappa shape index (κ1) is 15.5. The number of methoxy groups -OCH3 is 2. The molecule has 1 aromatic carbocycles. The lowest BCUT2D eigenvalue weighted by Gasteiger charge is -2.19. The topological polar surface area (TPSA) is 47.1 Å². The first-order valence-corrected chi connectivity index (χ1v) is 7.10. The number of aromatic amines is 1. The molecule has 0 aliphatic heterocycles. The maximum Gasteiger partial charge on any atom is 0.131 e. The summed E-state index contributed by atoms with van der Waals surface area (Å²) < 4.78 is 11.2. The largest absolute Gasteiger partial charge is 0.497 e. The minimum Gasteiger partial charge on any atom is -0.497 e. The Hall–Kier alpha value is -1.88. The van der Waals surface area contributed by atoms with Crippen molar-refractivity contribution >= 4 is 12.2 Å². The number of H-pyrrole nitrogens is 1. The Morgan fingerprint density at radius 2 is 1.81 bits per heavy atom. The van der Waals surface area contributed by atoms with E-state index < -0.39 is 0 Å². The summed E-state index contributed by atoms with van der Waals surface area (Å²) in [6.07, 6.45) is 0. The van der Waals surface area contributed by atoms with Crippen molar-refractivity contribution in [2.75, 3.05) is 14.2 Å². The van der Waals surface area contributed by atoms with E-state index in [0.717, 1.165) is 28.6 Å². The summed E-state index contributed by atoms with van der Waals surface area (Å²) in [5, 5.41) is 0. The van der Waals surface area contributed by atoms with Crippen LogP contribution in [-0.4, -0.2) is 24.2 Å². The van der Waals surface area contributed by atoms with Crippen molar-refractivity contribution in [1.82, 2.24) is 9.97 Å². The second kappa shape index (κ2) is 5.85. The number of nitrogens with zero attached hydrogens (tertiary/aromatic N) is 1. The Labute approximate surface area is 130 Å². The predicted octanol–water partition coefficient (Wildman–Crippen LogP) is 4.12. The lowest BCUT2D eigenvalue weighted by atomic mass is 9.95. The molecule has 0 bridgehead atoms. The van der Waals surface area contributed by atoms with Crippen LogP contribution in [0.5, 0.6) is 11.5 Å². The lowest BCUT2D eigenvalue weighted by Crippen LogP contribution is -2.16. The average Bonchev–Trinajstić information content (AvgIpc) is 2.45. The van der Waals surface area contributed by atoms with E-state index in [2.05, 4.69) is 30.7 Å². The van der Waals surface area contributed by atoms with Gasteiger partial charge in [-0.1, -0.05) is 33.0 Å². The summed E-state index contributed by atoms with van der Waals surface area (Å²) in [6, 6.07) is 7.54. The van der Waals surface area contributed by atoms with Gasteiger partial charge in [-0.05, 0) is 18.2 Å². The van der Waals surface area contributed by atoms with Crippen LogP contribution in [0.4, 0.5) is 0 Å². The number of hydrogen-bond acceptors (Lipinski definition) is 4. The summed E-state index contributed by atoms with van der Waals surface area (Å²) in [5.41, 5.74) is 1.71. The van der Waals surface area contributed by atoms with E-state index in [4.69, 9.17) is 21.7 Å². The molecule has 1 N–H and O–H groups in total. The standard InChI is InChI=1S/C16H20N2O2S/c1-16(2,3)15-17-12(9-14(21)18-15)11-7-6-10(19-4)8-13(11)20-5/h6-9H,1-5H3,(H,17,18,21). The Bertz CT molecular complexity index is 702. The molecule has 2 rings (SSSR count). The van der Waals surface area contributed by atoms with Gasteiger partial charge in [0.15, 0.2) is 0 Å². The van der Waals surface area contributed by atoms with Crippen molar-refractivity contribution < 1.29 is 9.47 Å². The molecule has 0 saturated heterocycles. The number of rotatable bonds is 3. The van der Waals surface area contributed by atoms with Crippen molar-refractivity contribution in [3.8, 4) is 22.8 Å². The molecule has 21 heavy (non-hydrogen) atoms. The highest BCUT2D eigenvalue weighted by molar-refractivity contribution is 7.71. The predicted molar refractivity (Wildman–Crippen MR) is 86.7 cm³/mol. The highest BCUT2D eigenvalue weighted by atomic mass is 32.1. The molecule has 0 fully saturated rings. The van der Waals surface area contributed by atoms with Gasteiger partial charge >= 0.3 is 0 Å². The van der Waals surface area contributed by atoms with E-state index in [-0.39, 0.29) is 5.41 Å². The molecular formula is C16H20N2O2S. The fourth-order valence-electron chi connectivity index (χ4n) is 1.98. The average molecular weight is 304 g/mol. The second-order valence-corrected chi connectivity index (χ2v) is 6.22. The molecule has 4 nitrogen and oxygen atoms in total. The molecule has 0 aliphatic rings. The minimum atomic E-state index is -0.108. The smallest absolute Gasteiger partial charge is 0.131 e. The zero-order valence-corrected chi connectivity index (χ0v) is 13.8. The van der Waals surface area contributed by atoms with E-state index in [0.29, 0.717) is 4.64 Å². The molecule has 0 aliphatic carbocycles. The number of aromatic nitrogens is 2. The molecule has 0 spiro atoms. The molecule has 1 heterocycles. The van der Waals surface area contributed by atoms with Crippen molar-refractivity contribution in [1.29, 1.82) is 0 Å². The molecular weight excluding hydrogens is 284 g/mol. The maximum atomic E-state index is 5.45. The molecule has 0 saturated carbocycles. The lowest BCUT2D eigenvalue weighted by molar-refractivity contribution is 0.395. The van der Waals surface area contributed by atoms with Crippen LogP contribution in [0.15, 0.2) is 24.3 Å². The van der Waals surface area contributed by atoms with Gasteiger partial charge in [0.1, 0.15) is 22.0 Å². The zero-order valence-electron chi connectivity index (χ0n) is 13.0. The maximum absolute atomic E-state index is 5.45. The summed E-state index contributed by atoms with van der Waals surface area (Å²) in [5.74, 6) is 2.33. The van der Waals surface area contributed by atoms with Crippen LogP contribution >= 0.6 is 12.2 Å². The van der Waals surface area contributed by atoms with Crippen molar-refractivity contribution in [2.24, 2.45) is 0 Å². The first-order valence-electron chi connectivity index (χ1n) is 6.69. The normalized spacial score (nSPS) is 11.3. The number of benzene rings is 1. The summed E-state index contributed by atoms with van der Waals surface area (Å²) in [4.78, 5) is 7.77. The second-order valence-electron chi connectivity index (χ2n) is 5.80. The molecule has 1 aromatic heterocycles. The fourth-order valence-corrected chi connectivity index (χ4v) is 2.19. The minimum absolute atomic E-state index is 0.108. The van der Waals surface area contributed by atoms with Crippen LogP contribution < -0.4 is 9.47 Å². The van der Waals surface area contributed by atoms with Crippen LogP contribution in [0, 0.1) is 4.64 Å². The van der Waals surface area contributed by atoms with Crippen LogP contribution in [0.2, 0.25) is 0 Å². The van der Waals surface area contributed by atoms with Gasteiger partial charge in [0, 0.05) is 17.0 Å². The van der Waals surface area contributed by atoms with Gasteiger partial charge in [-0.15, -0.1) is 0 Å². The Balaban J connectivity index is 2.62. The highest BCUT2D eigenvalue weighted by Crippen LogP contribution is 2.33. The van der Waals surface area contributed by atoms with Crippen LogP contribution in [0.25, 0.3) is 11.3 Å². The molecule has 0 atom stereocenters. The summed E-state index contributed by atoms with van der Waals surface area (Å²) >= 11 is 5.29. The fraction of sp³-hybridized carbons (Fsp3) is 0.375. The van der Waals surface area contributed by atoms with Crippen LogP contribution in [-0.2, 0) is 5.41 Å². The molecule has 5 heteroatoms. The summed E-state index contributed by atoms with van der Waals surface area (Å²) in [7, 11) is 3.27. The van der Waals surface area contributed by atoms with E-state index in [1.165, 1.54) is 0 Å². The van der Waals surface area contributed by atoms with Crippen LogP contribution in [0.1, 0.15) is 26.6 Å². The third kappa shape index (κ3) is 3.42. The van der Waals surface area contributed by atoms with Gasteiger partial charge in [-0.25, -0.2) is 4.98 Å². The van der Waals surface area contributed by atoms with E-state index in [1.54, 1.807) is 14.2 Å². The molecule has 0 amide bonds. The van der Waals surface area contributed by atoms with Crippen molar-refractivity contribution in [3.63, 3.8) is 0 Å². The van der Waals surface area contributed by atoms with Gasteiger partial charge < -0.3 is 14.5 Å². The zero-order chi connectivity index (χ0) is 15.6. The van der Waals surface area contributed by atoms with Crippen LogP contribution in [0.3, 0.4) is 0 Å². The van der Waals surface area contributed by atoms with E-state index in [9.17, 15) is 0 Å². The Morgan fingerprint density at radius 1 is 1.10 bits per heavy atom. The Kier molecular flexibility index (Phi) is 4.32. The monoisotopic (exact) mass is 304 g/mol. The van der Waals surface area contributed by atoms with Gasteiger partial charge in [0.25, 0.3) is 0 Å². The van der Waals surface area contributed by atoms with Crippen molar-refractivity contribution in [3.05, 3.63) is 34.7 Å². The quantitative estimate of drug-likeness (QED) is 0.866. The van der Waals surface area contributed by atoms with Gasteiger partial charge in [-0.3, -0.25) is 0 Å². The molecule has 112 valence electrons. The van der Waals surface area contributed by atoms with Crippen molar-refractivity contribution in [2.45, 2.75) is 26.2 Å².